The molecule has 6 heteroatoms. The Balaban J connectivity index is 2.00. The Hall–Kier alpha value is -1.89. The van der Waals surface area contributed by atoms with E-state index in [-0.39, 0.29) is 19.0 Å². The minimum Gasteiger partial charge on any atom is -0.467 e. The number of ether oxygens (including phenoxy) is 2. The first kappa shape index (κ1) is 19.4. The highest BCUT2D eigenvalue weighted by Gasteiger charge is 2.12. The molecule has 2 rings (SSSR count). The van der Waals surface area contributed by atoms with E-state index in [9.17, 15) is 4.79 Å². The number of pyridine rings is 1. The quantitative estimate of drug-likeness (QED) is 0.445. The standard InChI is InChI=1S/C19H27NO4Si/c1-15-11-17(20-8-7-16(13-21)12-19(20)22)5-6-18(15)24-14-23-9-10-25(2,3)4/h5-8,11-12,21H,9-10,13-14H2,1-4H3. The molecule has 0 aliphatic heterocycles. The molecule has 25 heavy (non-hydrogen) atoms. The molecule has 1 aromatic carbocycles. The summed E-state index contributed by atoms with van der Waals surface area (Å²) in [5.74, 6) is 0.747. The molecule has 0 atom stereocenters. The third-order valence-corrected chi connectivity index (χ3v) is 5.60. The molecule has 1 aromatic heterocycles. The number of rotatable bonds is 8. The zero-order valence-corrected chi connectivity index (χ0v) is 16.4. The molecule has 0 fully saturated rings. The molecule has 0 spiro atoms. The minimum atomic E-state index is -1.08. The minimum absolute atomic E-state index is 0.139. The predicted octanol–water partition coefficient (Wildman–Crippen LogP) is 3.33. The average Bonchev–Trinajstić information content (AvgIpc) is 2.54. The second kappa shape index (κ2) is 8.47. The largest absolute Gasteiger partial charge is 0.467 e. The Morgan fingerprint density at radius 1 is 1.16 bits per heavy atom. The number of aliphatic hydroxyl groups excluding tert-OH is 1. The van der Waals surface area contributed by atoms with Gasteiger partial charge in [0.2, 0.25) is 0 Å². The lowest BCUT2D eigenvalue weighted by molar-refractivity contribution is 0.0216. The normalized spacial score (nSPS) is 11.6. The predicted molar refractivity (Wildman–Crippen MR) is 102 cm³/mol. The van der Waals surface area contributed by atoms with E-state index in [2.05, 4.69) is 19.6 Å². The van der Waals surface area contributed by atoms with Crippen molar-refractivity contribution >= 4 is 8.07 Å². The van der Waals surface area contributed by atoms with Crippen LogP contribution in [0, 0.1) is 6.92 Å². The van der Waals surface area contributed by atoms with E-state index in [4.69, 9.17) is 14.6 Å². The van der Waals surface area contributed by atoms with Crippen LogP contribution in [0.15, 0.2) is 41.3 Å². The zero-order valence-electron chi connectivity index (χ0n) is 15.4. The Kier molecular flexibility index (Phi) is 6.58. The summed E-state index contributed by atoms with van der Waals surface area (Å²) in [6, 6.07) is 9.86. The Morgan fingerprint density at radius 3 is 2.52 bits per heavy atom. The van der Waals surface area contributed by atoms with Crippen LogP contribution in [0.4, 0.5) is 0 Å². The molecular weight excluding hydrogens is 334 g/mol. The van der Waals surface area contributed by atoms with Crippen LogP contribution in [0.25, 0.3) is 5.69 Å². The van der Waals surface area contributed by atoms with E-state index < -0.39 is 8.07 Å². The molecule has 1 N–H and O–H groups in total. The van der Waals surface area contributed by atoms with Gasteiger partial charge in [-0.15, -0.1) is 0 Å². The van der Waals surface area contributed by atoms with Crippen LogP contribution >= 0.6 is 0 Å². The maximum Gasteiger partial charge on any atom is 0.255 e. The van der Waals surface area contributed by atoms with Crippen molar-refractivity contribution in [2.75, 3.05) is 13.4 Å². The number of hydrogen-bond acceptors (Lipinski definition) is 4. The topological polar surface area (TPSA) is 60.7 Å². The summed E-state index contributed by atoms with van der Waals surface area (Å²) in [4.78, 5) is 12.1. The second-order valence-electron chi connectivity index (χ2n) is 7.33. The first-order chi connectivity index (χ1) is 11.8. The van der Waals surface area contributed by atoms with Crippen LogP contribution in [0.1, 0.15) is 11.1 Å². The second-order valence-corrected chi connectivity index (χ2v) is 13.0. The number of nitrogens with zero attached hydrogens (tertiary/aromatic N) is 1. The molecule has 0 bridgehead atoms. The average molecular weight is 362 g/mol. The highest BCUT2D eigenvalue weighted by atomic mass is 28.3. The van der Waals surface area contributed by atoms with Gasteiger partial charge in [-0.3, -0.25) is 9.36 Å². The molecule has 5 nitrogen and oxygen atoms in total. The fraction of sp³-hybridized carbons (Fsp3) is 0.421. The van der Waals surface area contributed by atoms with Crippen molar-refractivity contribution in [3.63, 3.8) is 0 Å². The molecule has 0 amide bonds. The van der Waals surface area contributed by atoms with Gasteiger partial charge < -0.3 is 14.6 Å². The molecule has 136 valence electrons. The summed E-state index contributed by atoms with van der Waals surface area (Å²) in [5, 5.41) is 9.09. The smallest absolute Gasteiger partial charge is 0.255 e. The summed E-state index contributed by atoms with van der Waals surface area (Å²) in [6.45, 7) is 9.70. The number of benzene rings is 1. The molecule has 0 radical (unpaired) electrons. The van der Waals surface area contributed by atoms with Crippen molar-refractivity contribution < 1.29 is 14.6 Å². The SMILES string of the molecule is Cc1cc(-n2ccc(CO)cc2=O)ccc1OCOCC[Si](C)(C)C. The fourth-order valence-electron chi connectivity index (χ4n) is 2.32. The lowest BCUT2D eigenvalue weighted by atomic mass is 10.2. The maximum atomic E-state index is 12.1. The molecule has 0 aliphatic carbocycles. The van der Waals surface area contributed by atoms with E-state index in [0.717, 1.165) is 29.7 Å². The molecule has 1 heterocycles. The van der Waals surface area contributed by atoms with Gasteiger partial charge in [-0.05, 0) is 48.4 Å². The first-order valence-electron chi connectivity index (χ1n) is 8.44. The lowest BCUT2D eigenvalue weighted by Gasteiger charge is -2.16. The summed E-state index contributed by atoms with van der Waals surface area (Å²) in [7, 11) is -1.08. The fourth-order valence-corrected chi connectivity index (χ4v) is 3.08. The molecule has 0 unspecified atom stereocenters. The summed E-state index contributed by atoms with van der Waals surface area (Å²) in [5.41, 5.74) is 2.13. The van der Waals surface area contributed by atoms with Crippen LogP contribution in [0.5, 0.6) is 5.75 Å². The zero-order chi connectivity index (χ0) is 18.4. The van der Waals surface area contributed by atoms with Crippen molar-refractivity contribution in [2.24, 2.45) is 0 Å². The van der Waals surface area contributed by atoms with Crippen LogP contribution in [-0.2, 0) is 11.3 Å². The third kappa shape index (κ3) is 5.84. The molecule has 0 aliphatic rings. The number of hydrogen-bond donors (Lipinski definition) is 1. The lowest BCUT2D eigenvalue weighted by Crippen LogP contribution is -2.22. The van der Waals surface area contributed by atoms with Crippen LogP contribution in [0.2, 0.25) is 25.7 Å². The van der Waals surface area contributed by atoms with Crippen molar-refractivity contribution in [1.82, 2.24) is 4.57 Å². The van der Waals surface area contributed by atoms with E-state index in [1.54, 1.807) is 16.8 Å². The van der Waals surface area contributed by atoms with Gasteiger partial charge in [0, 0.05) is 32.6 Å². The Bertz CT molecular complexity index is 765. The van der Waals surface area contributed by atoms with Crippen molar-refractivity contribution in [3.8, 4) is 11.4 Å². The van der Waals surface area contributed by atoms with Gasteiger partial charge in [0.05, 0.1) is 6.61 Å². The molecule has 0 saturated heterocycles. The highest BCUT2D eigenvalue weighted by molar-refractivity contribution is 6.76. The van der Waals surface area contributed by atoms with Gasteiger partial charge in [-0.25, -0.2) is 0 Å². The van der Waals surface area contributed by atoms with E-state index in [0.29, 0.717) is 5.56 Å². The van der Waals surface area contributed by atoms with Crippen molar-refractivity contribution in [3.05, 3.63) is 58.0 Å². The Labute approximate surface area is 149 Å². The monoisotopic (exact) mass is 361 g/mol. The maximum absolute atomic E-state index is 12.1. The van der Waals surface area contributed by atoms with Gasteiger partial charge in [-0.1, -0.05) is 19.6 Å². The van der Waals surface area contributed by atoms with Crippen molar-refractivity contribution in [1.29, 1.82) is 0 Å². The van der Waals surface area contributed by atoms with Gasteiger partial charge in [0.15, 0.2) is 6.79 Å². The van der Waals surface area contributed by atoms with Crippen molar-refractivity contribution in [2.45, 2.75) is 39.2 Å². The summed E-state index contributed by atoms with van der Waals surface area (Å²) < 4.78 is 12.8. The van der Waals surface area contributed by atoms with Gasteiger partial charge in [0.1, 0.15) is 5.75 Å². The van der Waals surface area contributed by atoms with Crippen LogP contribution < -0.4 is 10.3 Å². The molecular formula is C19H27NO4Si. The van der Waals surface area contributed by atoms with Gasteiger partial charge in [0.25, 0.3) is 5.56 Å². The summed E-state index contributed by atoms with van der Waals surface area (Å²) >= 11 is 0. The van der Waals surface area contributed by atoms with Gasteiger partial charge in [-0.2, -0.15) is 0 Å². The van der Waals surface area contributed by atoms with E-state index >= 15 is 0 Å². The summed E-state index contributed by atoms with van der Waals surface area (Å²) in [6.07, 6.45) is 1.67. The number of aryl methyl sites for hydroxylation is 1. The number of aliphatic hydroxyl groups is 1. The first-order valence-corrected chi connectivity index (χ1v) is 12.1. The number of aromatic nitrogens is 1. The molecule has 2 aromatic rings. The Morgan fingerprint density at radius 2 is 1.92 bits per heavy atom. The van der Waals surface area contributed by atoms with E-state index in [1.165, 1.54) is 6.07 Å². The van der Waals surface area contributed by atoms with Crippen LogP contribution in [0.3, 0.4) is 0 Å². The van der Waals surface area contributed by atoms with Gasteiger partial charge >= 0.3 is 0 Å². The molecule has 0 saturated carbocycles. The van der Waals surface area contributed by atoms with Crippen LogP contribution in [-0.4, -0.2) is 31.1 Å². The third-order valence-electron chi connectivity index (χ3n) is 3.90. The highest BCUT2D eigenvalue weighted by Crippen LogP contribution is 2.21. The van der Waals surface area contributed by atoms with E-state index in [1.807, 2.05) is 25.1 Å².